The van der Waals surface area contributed by atoms with E-state index in [1.807, 2.05) is 65.6 Å². The molecule has 2 aromatic carbocycles. The summed E-state index contributed by atoms with van der Waals surface area (Å²) in [5, 5.41) is 40.5. The third-order valence-electron chi connectivity index (χ3n) is 4.63. The summed E-state index contributed by atoms with van der Waals surface area (Å²) in [6.45, 7) is 0.820. The molecular weight excluding hydrogens is 334 g/mol. The molecule has 0 spiro atoms. The molecule has 6 heteroatoms. The fourth-order valence-electron chi connectivity index (χ4n) is 3.20. The monoisotopic (exact) mass is 359 g/mol. The van der Waals surface area contributed by atoms with E-state index in [-0.39, 0.29) is 13.2 Å². The number of rotatable bonds is 6. The van der Waals surface area contributed by atoms with Crippen LogP contribution >= 0.6 is 0 Å². The summed E-state index contributed by atoms with van der Waals surface area (Å²) in [4.78, 5) is 1.94. The lowest BCUT2D eigenvalue weighted by Crippen LogP contribution is -2.64. The van der Waals surface area contributed by atoms with Crippen molar-refractivity contribution in [1.29, 1.82) is 0 Å². The van der Waals surface area contributed by atoms with Gasteiger partial charge in [0.15, 0.2) is 0 Å². The van der Waals surface area contributed by atoms with E-state index in [1.165, 1.54) is 0 Å². The molecule has 0 saturated carbocycles. The summed E-state index contributed by atoms with van der Waals surface area (Å²) >= 11 is 0. The van der Waals surface area contributed by atoms with Gasteiger partial charge in [-0.15, -0.1) is 0 Å². The summed E-state index contributed by atoms with van der Waals surface area (Å²) in [6, 6.07) is 19.6. The summed E-state index contributed by atoms with van der Waals surface area (Å²) in [5.74, 6) is -1.96. The van der Waals surface area contributed by atoms with Gasteiger partial charge in [0.05, 0.1) is 13.2 Å². The number of hydrogen-bond donors (Lipinski definition) is 4. The summed E-state index contributed by atoms with van der Waals surface area (Å²) < 4.78 is 5.32. The van der Waals surface area contributed by atoms with E-state index < -0.39 is 24.1 Å². The Morgan fingerprint density at radius 2 is 1.38 bits per heavy atom. The molecule has 1 heterocycles. The van der Waals surface area contributed by atoms with Crippen molar-refractivity contribution in [3.8, 4) is 0 Å². The van der Waals surface area contributed by atoms with E-state index >= 15 is 0 Å². The van der Waals surface area contributed by atoms with E-state index in [9.17, 15) is 20.4 Å². The van der Waals surface area contributed by atoms with Gasteiger partial charge in [0.25, 0.3) is 0 Å². The van der Waals surface area contributed by atoms with Crippen molar-refractivity contribution in [1.82, 2.24) is 4.90 Å². The maximum Gasteiger partial charge on any atom is 0.207 e. The van der Waals surface area contributed by atoms with Gasteiger partial charge < -0.3 is 25.2 Å². The molecule has 0 aliphatic carbocycles. The lowest BCUT2D eigenvalue weighted by Gasteiger charge is -2.43. The number of aliphatic hydroxyl groups is 4. The number of hydrogen-bond acceptors (Lipinski definition) is 6. The van der Waals surface area contributed by atoms with Crippen LogP contribution in [0.1, 0.15) is 11.1 Å². The van der Waals surface area contributed by atoms with Gasteiger partial charge in [-0.25, -0.2) is 0 Å². The SMILES string of the molecule is O[C@@H]1[C@H](O)CO[C@](O)(CN(Cc2ccccc2)Cc2ccccc2)[C@H]1O. The first-order valence-corrected chi connectivity index (χ1v) is 8.69. The van der Waals surface area contributed by atoms with E-state index in [4.69, 9.17) is 4.74 Å². The molecule has 1 aliphatic heterocycles. The Morgan fingerprint density at radius 1 is 0.885 bits per heavy atom. The fraction of sp³-hybridized carbons (Fsp3) is 0.400. The first-order valence-electron chi connectivity index (χ1n) is 8.69. The van der Waals surface area contributed by atoms with Gasteiger partial charge in [0.1, 0.15) is 18.3 Å². The highest BCUT2D eigenvalue weighted by molar-refractivity contribution is 5.17. The van der Waals surface area contributed by atoms with Crippen molar-refractivity contribution in [2.24, 2.45) is 0 Å². The topological polar surface area (TPSA) is 93.4 Å². The van der Waals surface area contributed by atoms with Crippen LogP contribution in [0.3, 0.4) is 0 Å². The molecule has 26 heavy (non-hydrogen) atoms. The van der Waals surface area contributed by atoms with Crippen LogP contribution in [0.5, 0.6) is 0 Å². The molecule has 0 aromatic heterocycles. The third-order valence-corrected chi connectivity index (χ3v) is 4.63. The van der Waals surface area contributed by atoms with Crippen molar-refractivity contribution in [2.45, 2.75) is 37.2 Å². The average molecular weight is 359 g/mol. The molecule has 0 unspecified atom stereocenters. The molecule has 0 radical (unpaired) electrons. The van der Waals surface area contributed by atoms with Gasteiger partial charge in [0.2, 0.25) is 5.79 Å². The van der Waals surface area contributed by atoms with Gasteiger partial charge in [-0.1, -0.05) is 60.7 Å². The minimum Gasteiger partial charge on any atom is -0.388 e. The fourth-order valence-corrected chi connectivity index (χ4v) is 3.20. The van der Waals surface area contributed by atoms with Crippen LogP contribution in [0.4, 0.5) is 0 Å². The number of aliphatic hydroxyl groups excluding tert-OH is 3. The normalized spacial score (nSPS) is 29.0. The van der Waals surface area contributed by atoms with Crippen molar-refractivity contribution < 1.29 is 25.2 Å². The Hall–Kier alpha value is -1.80. The zero-order chi connectivity index (χ0) is 18.6. The summed E-state index contributed by atoms with van der Waals surface area (Å²) in [5.41, 5.74) is 2.11. The van der Waals surface area contributed by atoms with Crippen LogP contribution in [0, 0.1) is 0 Å². The van der Waals surface area contributed by atoms with Gasteiger partial charge in [-0.3, -0.25) is 4.90 Å². The highest BCUT2D eigenvalue weighted by atomic mass is 16.6. The average Bonchev–Trinajstić information content (AvgIpc) is 2.65. The highest BCUT2D eigenvalue weighted by Crippen LogP contribution is 2.26. The summed E-state index contributed by atoms with van der Waals surface area (Å²) in [7, 11) is 0. The minimum absolute atomic E-state index is 0.0122. The molecule has 1 fully saturated rings. The van der Waals surface area contributed by atoms with E-state index in [1.54, 1.807) is 0 Å². The molecule has 140 valence electrons. The standard InChI is InChI=1S/C20H25NO5/c22-17-13-26-20(25,19(24)18(17)23)14-21(11-15-7-3-1-4-8-15)12-16-9-5-2-6-10-16/h1-10,17-19,22-25H,11-14H2/t17-,18-,19+,20-/m1/s1. The van der Waals surface area contributed by atoms with Crippen LogP contribution in [0.25, 0.3) is 0 Å². The quantitative estimate of drug-likeness (QED) is 0.600. The molecule has 0 bridgehead atoms. The molecule has 1 aliphatic rings. The van der Waals surface area contributed by atoms with Crippen LogP contribution in [-0.4, -0.2) is 62.6 Å². The Kier molecular flexibility index (Phi) is 6.03. The van der Waals surface area contributed by atoms with E-state index in [0.29, 0.717) is 13.1 Å². The van der Waals surface area contributed by atoms with Crippen molar-refractivity contribution in [3.05, 3.63) is 71.8 Å². The molecule has 2 aromatic rings. The van der Waals surface area contributed by atoms with Gasteiger partial charge in [0, 0.05) is 13.1 Å². The Balaban J connectivity index is 1.78. The largest absolute Gasteiger partial charge is 0.388 e. The van der Waals surface area contributed by atoms with Crippen LogP contribution < -0.4 is 0 Å². The van der Waals surface area contributed by atoms with E-state index in [0.717, 1.165) is 11.1 Å². The Morgan fingerprint density at radius 3 is 1.88 bits per heavy atom. The molecule has 6 nitrogen and oxygen atoms in total. The van der Waals surface area contributed by atoms with Crippen LogP contribution in [-0.2, 0) is 17.8 Å². The molecule has 1 saturated heterocycles. The number of nitrogens with zero attached hydrogens (tertiary/aromatic N) is 1. The number of ether oxygens (including phenoxy) is 1. The van der Waals surface area contributed by atoms with Gasteiger partial charge >= 0.3 is 0 Å². The van der Waals surface area contributed by atoms with Gasteiger partial charge in [-0.05, 0) is 11.1 Å². The van der Waals surface area contributed by atoms with Crippen molar-refractivity contribution >= 4 is 0 Å². The van der Waals surface area contributed by atoms with Crippen LogP contribution in [0.2, 0.25) is 0 Å². The Labute approximate surface area is 152 Å². The number of benzene rings is 2. The Bertz CT molecular complexity index is 642. The van der Waals surface area contributed by atoms with Crippen LogP contribution in [0.15, 0.2) is 60.7 Å². The second-order valence-electron chi connectivity index (χ2n) is 6.77. The molecule has 4 N–H and O–H groups in total. The molecular formula is C20H25NO5. The first-order chi connectivity index (χ1) is 12.5. The first kappa shape index (κ1) is 19.0. The smallest absolute Gasteiger partial charge is 0.207 e. The van der Waals surface area contributed by atoms with E-state index in [2.05, 4.69) is 0 Å². The zero-order valence-electron chi connectivity index (χ0n) is 14.5. The predicted octanol–water partition coefficient (Wildman–Crippen LogP) is 0.490. The second kappa shape index (κ2) is 8.26. The lowest BCUT2D eigenvalue weighted by molar-refractivity contribution is -0.325. The summed E-state index contributed by atoms with van der Waals surface area (Å²) in [6.07, 6.45) is -4.27. The maximum absolute atomic E-state index is 10.8. The minimum atomic E-state index is -1.96. The zero-order valence-corrected chi connectivity index (χ0v) is 14.5. The van der Waals surface area contributed by atoms with Crippen molar-refractivity contribution in [3.63, 3.8) is 0 Å². The maximum atomic E-state index is 10.8. The molecule has 4 atom stereocenters. The predicted molar refractivity (Wildman–Crippen MR) is 95.9 cm³/mol. The van der Waals surface area contributed by atoms with Crippen molar-refractivity contribution in [2.75, 3.05) is 13.2 Å². The lowest BCUT2D eigenvalue weighted by atomic mass is 9.96. The third kappa shape index (κ3) is 4.48. The molecule has 3 rings (SSSR count). The van der Waals surface area contributed by atoms with Gasteiger partial charge in [-0.2, -0.15) is 0 Å². The molecule has 0 amide bonds. The second-order valence-corrected chi connectivity index (χ2v) is 6.77. The highest BCUT2D eigenvalue weighted by Gasteiger charge is 2.49.